The Morgan fingerprint density at radius 3 is 2.04 bits per heavy atom. The smallest absolute Gasteiger partial charge is 0.470 e. The molecule has 0 bridgehead atoms. The van der Waals surface area contributed by atoms with E-state index >= 15 is 0 Å². The van der Waals surface area contributed by atoms with Gasteiger partial charge in [-0.05, 0) is 12.1 Å². The number of ether oxygens (including phenoxy) is 1. The second-order valence-electron chi connectivity index (χ2n) is 4.02. The molecule has 0 radical (unpaired) electrons. The molecular weight excluding hydrogens is 342 g/mol. The van der Waals surface area contributed by atoms with Crippen LogP contribution in [0.1, 0.15) is 10.4 Å². The molecule has 1 aromatic carbocycles. The van der Waals surface area contributed by atoms with Gasteiger partial charge in [0.1, 0.15) is 0 Å². The largest absolute Gasteiger partial charge is 0.479 e. The van der Waals surface area contributed by atoms with Gasteiger partial charge in [0.05, 0.1) is 5.56 Å². The van der Waals surface area contributed by atoms with Crippen LogP contribution in [-0.4, -0.2) is 49.9 Å². The third kappa shape index (κ3) is 4.83. The molecule has 0 saturated heterocycles. The van der Waals surface area contributed by atoms with E-state index in [-0.39, 0.29) is 5.56 Å². The lowest BCUT2D eigenvalue weighted by Gasteiger charge is -2.26. The highest BCUT2D eigenvalue weighted by Crippen LogP contribution is 2.41. The number of esters is 1. The van der Waals surface area contributed by atoms with E-state index in [0.717, 1.165) is 12.1 Å². The minimum absolute atomic E-state index is 0.323. The predicted octanol–water partition coefficient (Wildman–Crippen LogP) is 0.156. The van der Waals surface area contributed by atoms with Crippen LogP contribution in [0, 0.1) is 0 Å². The number of halogens is 1. The van der Waals surface area contributed by atoms with Gasteiger partial charge in [0.2, 0.25) is 6.10 Å². The van der Waals surface area contributed by atoms with Crippen molar-refractivity contribution in [3.05, 3.63) is 35.9 Å². The van der Waals surface area contributed by atoms with Crippen molar-refractivity contribution in [2.75, 3.05) is 0 Å². The fourth-order valence-corrected chi connectivity index (χ4v) is 1.89. The topological polar surface area (TPSA) is 168 Å². The van der Waals surface area contributed by atoms with Crippen LogP contribution in [0.4, 0.5) is 4.39 Å². The molecule has 23 heavy (non-hydrogen) atoms. The molecule has 0 fully saturated rings. The van der Waals surface area contributed by atoms with Gasteiger partial charge >= 0.3 is 31.6 Å². The van der Waals surface area contributed by atoms with Crippen LogP contribution in [0.15, 0.2) is 30.3 Å². The lowest BCUT2D eigenvalue weighted by molar-refractivity contribution is -0.210. The molecule has 0 amide bonds. The summed E-state index contributed by atoms with van der Waals surface area (Å²) in [4.78, 5) is 50.7. The summed E-state index contributed by atoms with van der Waals surface area (Å²) >= 11 is 0. The first kappa shape index (κ1) is 18.7. The van der Waals surface area contributed by atoms with Gasteiger partial charge in [-0.3, -0.25) is 4.52 Å². The number of carbonyl (C=O) groups is 3. The molecule has 0 heterocycles. The third-order valence-electron chi connectivity index (χ3n) is 2.35. The summed E-state index contributed by atoms with van der Waals surface area (Å²) in [5, 5.41) is 17.5. The number of phosphoric acid groups is 1. The van der Waals surface area contributed by atoms with Gasteiger partial charge in [-0.1, -0.05) is 18.2 Å². The Morgan fingerprint density at radius 2 is 1.65 bits per heavy atom. The van der Waals surface area contributed by atoms with Gasteiger partial charge in [-0.25, -0.2) is 18.9 Å². The van der Waals surface area contributed by atoms with Gasteiger partial charge in [-0.2, -0.15) is 4.39 Å². The molecule has 12 heteroatoms. The summed E-state index contributed by atoms with van der Waals surface area (Å²) in [7, 11) is -5.60. The Kier molecular flexibility index (Phi) is 5.56. The Bertz CT molecular complexity index is 656. The minimum atomic E-state index is -5.60. The van der Waals surface area contributed by atoms with Crippen molar-refractivity contribution in [1.82, 2.24) is 0 Å². The summed E-state index contributed by atoms with van der Waals surface area (Å²) in [6, 6.07) is 6.37. The molecule has 0 spiro atoms. The Labute approximate surface area is 127 Å². The number of hydrogen-bond acceptors (Lipinski definition) is 6. The number of carbonyl (C=O) groups excluding carboxylic acids is 1. The minimum Gasteiger partial charge on any atom is -0.479 e. The lowest BCUT2D eigenvalue weighted by Crippen LogP contribution is -2.53. The van der Waals surface area contributed by atoms with E-state index in [2.05, 4.69) is 9.26 Å². The van der Waals surface area contributed by atoms with E-state index in [1.165, 1.54) is 18.2 Å². The molecule has 126 valence electrons. The van der Waals surface area contributed by atoms with Crippen molar-refractivity contribution in [1.29, 1.82) is 0 Å². The number of carboxylic acids is 2. The molecule has 2 unspecified atom stereocenters. The normalized spacial score (nSPS) is 15.3. The van der Waals surface area contributed by atoms with E-state index in [1.54, 1.807) is 0 Å². The zero-order chi connectivity index (χ0) is 17.8. The van der Waals surface area contributed by atoms with E-state index in [4.69, 9.17) is 20.0 Å². The van der Waals surface area contributed by atoms with E-state index in [9.17, 15) is 23.3 Å². The second-order valence-corrected chi connectivity index (χ2v) is 5.21. The highest BCUT2D eigenvalue weighted by atomic mass is 31.2. The van der Waals surface area contributed by atoms with Crippen LogP contribution in [-0.2, 0) is 23.4 Å². The maximum Gasteiger partial charge on any atom is 0.470 e. The summed E-state index contributed by atoms with van der Waals surface area (Å²) in [5.41, 5.74) is -0.323. The van der Waals surface area contributed by atoms with Crippen molar-refractivity contribution in [3.63, 3.8) is 0 Å². The Hall–Kier alpha value is -2.33. The molecule has 1 aromatic rings. The molecule has 0 aromatic heterocycles. The molecule has 4 N–H and O–H groups in total. The van der Waals surface area contributed by atoms with Gasteiger partial charge < -0.3 is 24.7 Å². The first-order valence-corrected chi connectivity index (χ1v) is 7.18. The third-order valence-corrected chi connectivity index (χ3v) is 2.83. The van der Waals surface area contributed by atoms with Crippen LogP contribution in [0.5, 0.6) is 0 Å². The summed E-state index contributed by atoms with van der Waals surface area (Å²) in [6.07, 6.45) is -3.30. The standard InChI is InChI=1S/C11H10FO10P/c12-11(10(16)17,7(8(13)14)22-23(18,19)20)21-9(15)6-4-2-1-3-5-6/h1-5,7H,(H,13,14)(H,16,17)(H2,18,19,20). The Morgan fingerprint density at radius 1 is 1.13 bits per heavy atom. The van der Waals surface area contributed by atoms with Gasteiger partial charge in [0, 0.05) is 0 Å². The summed E-state index contributed by atoms with van der Waals surface area (Å²) in [6.45, 7) is 0. The maximum absolute atomic E-state index is 14.4. The quantitative estimate of drug-likeness (QED) is 0.392. The highest BCUT2D eigenvalue weighted by Gasteiger charge is 2.58. The number of carboxylic acid groups (broad SMARTS) is 2. The molecule has 1 rings (SSSR count). The molecule has 0 aliphatic carbocycles. The number of benzene rings is 1. The highest BCUT2D eigenvalue weighted by molar-refractivity contribution is 7.46. The summed E-state index contributed by atoms with van der Waals surface area (Å²) < 4.78 is 32.7. The number of phosphoric ester groups is 1. The van der Waals surface area contributed by atoms with Crippen LogP contribution < -0.4 is 0 Å². The maximum atomic E-state index is 14.4. The average Bonchev–Trinajstić information content (AvgIpc) is 2.44. The van der Waals surface area contributed by atoms with Crippen molar-refractivity contribution in [2.24, 2.45) is 0 Å². The van der Waals surface area contributed by atoms with E-state index in [1.807, 2.05) is 0 Å². The fourth-order valence-electron chi connectivity index (χ4n) is 1.39. The van der Waals surface area contributed by atoms with Crippen molar-refractivity contribution >= 4 is 25.7 Å². The van der Waals surface area contributed by atoms with Gasteiger partial charge in [0.15, 0.2) is 0 Å². The molecule has 0 aliphatic heterocycles. The predicted molar refractivity (Wildman–Crippen MR) is 67.9 cm³/mol. The van der Waals surface area contributed by atoms with Crippen molar-refractivity contribution in [3.8, 4) is 0 Å². The number of alkyl halides is 1. The molecule has 2 atom stereocenters. The zero-order valence-electron chi connectivity index (χ0n) is 11.0. The SMILES string of the molecule is O=C(OC(F)(C(=O)O)C(OP(=O)(O)O)C(=O)O)c1ccccc1. The number of rotatable bonds is 7. The lowest BCUT2D eigenvalue weighted by atomic mass is 10.1. The molecule has 0 saturated carbocycles. The fraction of sp³-hybridized carbons (Fsp3) is 0.182. The van der Waals surface area contributed by atoms with Crippen LogP contribution in [0.3, 0.4) is 0 Å². The average molecular weight is 352 g/mol. The van der Waals surface area contributed by atoms with E-state index < -0.39 is 37.7 Å². The van der Waals surface area contributed by atoms with Crippen LogP contribution in [0.2, 0.25) is 0 Å². The zero-order valence-corrected chi connectivity index (χ0v) is 11.9. The van der Waals surface area contributed by atoms with Gasteiger partial charge in [-0.15, -0.1) is 0 Å². The second kappa shape index (κ2) is 6.84. The first-order chi connectivity index (χ1) is 10.5. The summed E-state index contributed by atoms with van der Waals surface area (Å²) in [5.74, 6) is -11.0. The van der Waals surface area contributed by atoms with Crippen LogP contribution in [0.25, 0.3) is 0 Å². The Balaban J connectivity index is 3.19. The van der Waals surface area contributed by atoms with Crippen molar-refractivity contribution in [2.45, 2.75) is 12.0 Å². The first-order valence-electron chi connectivity index (χ1n) is 5.65. The van der Waals surface area contributed by atoms with Crippen LogP contribution >= 0.6 is 7.82 Å². The molecule has 10 nitrogen and oxygen atoms in total. The van der Waals surface area contributed by atoms with Gasteiger partial charge in [0.25, 0.3) is 0 Å². The van der Waals surface area contributed by atoms with Crippen molar-refractivity contribution < 1.29 is 52.6 Å². The number of aliphatic carboxylic acids is 2. The van der Waals surface area contributed by atoms with E-state index in [0.29, 0.717) is 0 Å². The monoisotopic (exact) mass is 352 g/mol. The number of hydrogen-bond donors (Lipinski definition) is 4. The molecular formula is C11H10FO10P. The molecule has 0 aliphatic rings.